The molecule has 2 aromatic rings. The van der Waals surface area contributed by atoms with Gasteiger partial charge in [-0.2, -0.15) is 0 Å². The van der Waals surface area contributed by atoms with Crippen molar-refractivity contribution in [3.8, 4) is 0 Å². The minimum absolute atomic E-state index is 0.250. The van der Waals surface area contributed by atoms with E-state index in [2.05, 4.69) is 52.1 Å². The molecule has 0 amide bonds. The Morgan fingerprint density at radius 1 is 1.30 bits per heavy atom. The minimum atomic E-state index is -0.250. The maximum Gasteiger partial charge on any atom is 0.290 e. The molecule has 122 valence electrons. The van der Waals surface area contributed by atoms with E-state index >= 15 is 0 Å². The molecule has 1 N–H and O–H groups in total. The molecule has 0 unspecified atom stereocenters. The summed E-state index contributed by atoms with van der Waals surface area (Å²) in [5.41, 5.74) is 3.72. The maximum absolute atomic E-state index is 8.36. The Morgan fingerprint density at radius 2 is 2.00 bits per heavy atom. The average Bonchev–Trinajstić information content (AvgIpc) is 2.48. The number of carboxylic acid groups (broad SMARTS) is 1. The second-order valence-electron chi connectivity index (χ2n) is 5.37. The summed E-state index contributed by atoms with van der Waals surface area (Å²) in [7, 11) is 2.12. The first kappa shape index (κ1) is 18.3. The van der Waals surface area contributed by atoms with Crippen LogP contribution in [0.5, 0.6) is 0 Å². The van der Waals surface area contributed by atoms with Gasteiger partial charge in [0.2, 0.25) is 0 Å². The summed E-state index contributed by atoms with van der Waals surface area (Å²) in [4.78, 5) is 10.7. The molecule has 1 heterocycles. The number of carbonyl (C=O) groups is 1. The van der Waals surface area contributed by atoms with E-state index < -0.39 is 0 Å². The Labute approximate surface area is 154 Å². The summed E-state index contributed by atoms with van der Waals surface area (Å²) in [5, 5.41) is 8.36. The molecule has 6 heteroatoms. The van der Waals surface area contributed by atoms with Crippen LogP contribution < -0.4 is 0 Å². The van der Waals surface area contributed by atoms with Crippen molar-refractivity contribution in [2.24, 2.45) is 0 Å². The molecule has 0 spiro atoms. The molecule has 2 aromatic carbocycles. The second kappa shape index (κ2) is 8.15. The highest BCUT2D eigenvalue weighted by Gasteiger charge is 2.27. The van der Waals surface area contributed by atoms with E-state index in [1.165, 1.54) is 16.7 Å². The van der Waals surface area contributed by atoms with Crippen LogP contribution in [0.25, 0.3) is 0 Å². The Hall–Kier alpha value is -1.07. The van der Waals surface area contributed by atoms with E-state index in [4.69, 9.17) is 33.1 Å². The molecule has 0 saturated carbocycles. The van der Waals surface area contributed by atoms with Gasteiger partial charge in [0.15, 0.2) is 0 Å². The lowest BCUT2D eigenvalue weighted by Crippen LogP contribution is -2.31. The highest BCUT2D eigenvalue weighted by molar-refractivity contribution is 9.10. The van der Waals surface area contributed by atoms with Gasteiger partial charge in [-0.25, -0.2) is 0 Å². The van der Waals surface area contributed by atoms with E-state index in [0.717, 1.165) is 22.6 Å². The van der Waals surface area contributed by atoms with Gasteiger partial charge in [0, 0.05) is 33.5 Å². The monoisotopic (exact) mass is 415 g/mol. The molecule has 0 aromatic heterocycles. The number of rotatable bonds is 1. The first-order valence-corrected chi connectivity index (χ1v) is 8.50. The molecular formula is C17H16BrCl2NO2. The van der Waals surface area contributed by atoms with Crippen LogP contribution in [0.3, 0.4) is 0 Å². The van der Waals surface area contributed by atoms with Crippen LogP contribution in [0, 0.1) is 0 Å². The van der Waals surface area contributed by atoms with E-state index in [0.29, 0.717) is 10.9 Å². The second-order valence-corrected chi connectivity index (χ2v) is 7.12. The molecule has 3 rings (SSSR count). The van der Waals surface area contributed by atoms with Gasteiger partial charge in [0.1, 0.15) is 0 Å². The summed E-state index contributed by atoms with van der Waals surface area (Å²) < 4.78 is 1.10. The largest absolute Gasteiger partial charge is 0.483 e. The SMILES string of the molecule is CN1Cc2c(Cl)cc(Cl)cc2[C@H](c2cccc(Br)c2)C1.O=CO. The lowest BCUT2D eigenvalue weighted by atomic mass is 9.85. The van der Waals surface area contributed by atoms with Crippen LogP contribution in [-0.2, 0) is 11.3 Å². The van der Waals surface area contributed by atoms with Gasteiger partial charge in [-0.1, -0.05) is 51.3 Å². The van der Waals surface area contributed by atoms with Gasteiger partial charge in [0.25, 0.3) is 6.47 Å². The molecule has 3 nitrogen and oxygen atoms in total. The predicted molar refractivity (Wildman–Crippen MR) is 97.5 cm³/mol. The molecule has 23 heavy (non-hydrogen) atoms. The maximum atomic E-state index is 8.36. The van der Waals surface area contributed by atoms with Gasteiger partial charge in [-0.15, -0.1) is 0 Å². The van der Waals surface area contributed by atoms with Crippen molar-refractivity contribution in [2.45, 2.75) is 12.5 Å². The number of nitrogens with zero attached hydrogens (tertiary/aromatic N) is 1. The number of fused-ring (bicyclic) bond motifs is 1. The Morgan fingerprint density at radius 3 is 2.65 bits per heavy atom. The van der Waals surface area contributed by atoms with Gasteiger partial charge in [-0.05, 0) is 48.0 Å². The molecule has 0 aliphatic carbocycles. The summed E-state index contributed by atoms with van der Waals surface area (Å²) in [6.07, 6.45) is 0. The zero-order valence-electron chi connectivity index (χ0n) is 12.5. The van der Waals surface area contributed by atoms with Gasteiger partial charge < -0.3 is 10.0 Å². The molecule has 1 aliphatic heterocycles. The number of hydrogen-bond acceptors (Lipinski definition) is 2. The van der Waals surface area contributed by atoms with Gasteiger partial charge in [0.05, 0.1) is 0 Å². The molecule has 0 radical (unpaired) electrons. The van der Waals surface area contributed by atoms with Crippen molar-refractivity contribution in [1.29, 1.82) is 0 Å². The zero-order valence-corrected chi connectivity index (χ0v) is 15.6. The molecule has 1 aliphatic rings. The summed E-state index contributed by atoms with van der Waals surface area (Å²) in [5.74, 6) is 0.303. The quantitative estimate of drug-likeness (QED) is 0.662. The highest BCUT2D eigenvalue weighted by Crippen LogP contribution is 2.38. The van der Waals surface area contributed by atoms with Crippen LogP contribution in [0.15, 0.2) is 40.9 Å². The molecule has 0 saturated heterocycles. The van der Waals surface area contributed by atoms with Crippen molar-refractivity contribution in [3.05, 3.63) is 67.6 Å². The zero-order chi connectivity index (χ0) is 17.0. The molecular weight excluding hydrogens is 401 g/mol. The fourth-order valence-electron chi connectivity index (χ4n) is 2.85. The lowest BCUT2D eigenvalue weighted by Gasteiger charge is -2.33. The first-order chi connectivity index (χ1) is 11.0. The Bertz CT molecular complexity index is 709. The fraction of sp³-hybridized carbons (Fsp3) is 0.235. The number of likely N-dealkylation sites (N-methyl/N-ethyl adjacent to an activating group) is 1. The van der Waals surface area contributed by atoms with Crippen molar-refractivity contribution in [1.82, 2.24) is 4.90 Å². The average molecular weight is 417 g/mol. The van der Waals surface area contributed by atoms with Crippen molar-refractivity contribution in [3.63, 3.8) is 0 Å². The van der Waals surface area contributed by atoms with E-state index in [-0.39, 0.29) is 6.47 Å². The third kappa shape index (κ3) is 4.48. The molecule has 0 fully saturated rings. The highest BCUT2D eigenvalue weighted by atomic mass is 79.9. The number of halogens is 3. The van der Waals surface area contributed by atoms with Crippen LogP contribution in [0.2, 0.25) is 10.0 Å². The lowest BCUT2D eigenvalue weighted by molar-refractivity contribution is -0.122. The Balaban J connectivity index is 0.000000595. The smallest absolute Gasteiger partial charge is 0.290 e. The minimum Gasteiger partial charge on any atom is -0.483 e. The van der Waals surface area contributed by atoms with Crippen LogP contribution in [0.1, 0.15) is 22.6 Å². The summed E-state index contributed by atoms with van der Waals surface area (Å²) in [6.45, 7) is 1.59. The fourth-order valence-corrected chi connectivity index (χ4v) is 3.84. The normalized spacial score (nSPS) is 17.0. The van der Waals surface area contributed by atoms with E-state index in [1.54, 1.807) is 0 Å². The number of hydrogen-bond donors (Lipinski definition) is 1. The third-order valence-corrected chi connectivity index (χ3v) is 4.79. The first-order valence-electron chi connectivity index (χ1n) is 6.96. The molecule has 1 atom stereocenters. The topological polar surface area (TPSA) is 40.5 Å². The van der Waals surface area contributed by atoms with Crippen molar-refractivity contribution in [2.75, 3.05) is 13.6 Å². The summed E-state index contributed by atoms with van der Waals surface area (Å²) in [6, 6.07) is 12.3. The van der Waals surface area contributed by atoms with Gasteiger partial charge >= 0.3 is 0 Å². The van der Waals surface area contributed by atoms with Gasteiger partial charge in [-0.3, -0.25) is 4.79 Å². The summed E-state index contributed by atoms with van der Waals surface area (Å²) >= 11 is 16.1. The van der Waals surface area contributed by atoms with Crippen molar-refractivity contribution < 1.29 is 9.90 Å². The predicted octanol–water partition coefficient (Wildman–Crippen LogP) is 5.03. The van der Waals surface area contributed by atoms with E-state index in [1.807, 2.05) is 12.1 Å². The van der Waals surface area contributed by atoms with E-state index in [9.17, 15) is 0 Å². The van der Waals surface area contributed by atoms with Crippen molar-refractivity contribution >= 4 is 45.6 Å². The molecule has 0 bridgehead atoms. The van der Waals surface area contributed by atoms with Crippen LogP contribution in [-0.4, -0.2) is 30.1 Å². The number of benzene rings is 2. The third-order valence-electron chi connectivity index (χ3n) is 3.74. The van der Waals surface area contributed by atoms with Crippen LogP contribution >= 0.6 is 39.1 Å². The standard InChI is InChI=1S/C16H14BrCl2N.CH2O2/c1-20-8-14(10-3-2-4-11(17)5-10)13-6-12(18)7-16(19)15(13)9-20;2-1-3/h2-7,14H,8-9H2,1H3;1H,(H,2,3)/t14-;/m0./s1. The van der Waals surface area contributed by atoms with Crippen LogP contribution in [0.4, 0.5) is 0 Å². The Kier molecular flexibility index (Phi) is 6.48.